The fraction of sp³-hybridized carbons (Fsp3) is 0.375. The Morgan fingerprint density at radius 3 is 2.06 bits per heavy atom. The SMILES string of the molecule is O=C(NCCCCC(COC(=O)C1CC1)NC(=O)c1cccc(O)c1O)c1cccc(O)c1O. The minimum absolute atomic E-state index is 0.0375. The molecule has 0 spiro atoms. The zero-order chi connectivity index (χ0) is 24.7. The number of rotatable bonds is 11. The van der Waals surface area contributed by atoms with Crippen LogP contribution in [0.4, 0.5) is 0 Å². The van der Waals surface area contributed by atoms with Crippen molar-refractivity contribution in [1.82, 2.24) is 10.6 Å². The minimum Gasteiger partial charge on any atom is -0.504 e. The lowest BCUT2D eigenvalue weighted by Crippen LogP contribution is -2.39. The number of aromatic hydroxyl groups is 4. The van der Waals surface area contributed by atoms with Gasteiger partial charge in [0.15, 0.2) is 23.0 Å². The van der Waals surface area contributed by atoms with Crippen molar-refractivity contribution in [3.63, 3.8) is 0 Å². The fourth-order valence-corrected chi connectivity index (χ4v) is 3.32. The second kappa shape index (κ2) is 11.3. The quantitative estimate of drug-likeness (QED) is 0.164. The number of hydrogen-bond donors (Lipinski definition) is 6. The van der Waals surface area contributed by atoms with Gasteiger partial charge in [-0.3, -0.25) is 14.4 Å². The molecule has 10 heteroatoms. The molecule has 34 heavy (non-hydrogen) atoms. The van der Waals surface area contributed by atoms with E-state index in [1.807, 2.05) is 0 Å². The molecule has 0 radical (unpaired) electrons. The number of esters is 1. The Balaban J connectivity index is 1.51. The van der Waals surface area contributed by atoms with E-state index in [2.05, 4.69) is 10.6 Å². The van der Waals surface area contributed by atoms with Crippen LogP contribution in [0, 0.1) is 5.92 Å². The monoisotopic (exact) mass is 472 g/mol. The Kier molecular flexibility index (Phi) is 8.18. The van der Waals surface area contributed by atoms with Crippen LogP contribution in [0.3, 0.4) is 0 Å². The van der Waals surface area contributed by atoms with Crippen LogP contribution in [-0.4, -0.2) is 57.4 Å². The molecule has 6 N–H and O–H groups in total. The molecule has 2 amide bonds. The van der Waals surface area contributed by atoms with Gasteiger partial charge in [-0.1, -0.05) is 12.1 Å². The molecule has 1 unspecified atom stereocenters. The standard InChI is InChI=1S/C24H28N2O8/c27-18-8-3-6-16(20(18)29)22(31)25-12-2-1-5-15(13-34-24(33)14-10-11-14)26-23(32)17-7-4-9-19(28)21(17)30/h3-4,6-9,14-15,27-30H,1-2,5,10-13H2,(H,25,31)(H,26,32). The fourth-order valence-electron chi connectivity index (χ4n) is 3.32. The summed E-state index contributed by atoms with van der Waals surface area (Å²) < 4.78 is 5.31. The molecule has 1 atom stereocenters. The van der Waals surface area contributed by atoms with Crippen molar-refractivity contribution in [1.29, 1.82) is 0 Å². The molecule has 1 aliphatic rings. The number of para-hydroxylation sites is 2. The summed E-state index contributed by atoms with van der Waals surface area (Å²) in [5.74, 6) is -3.37. The van der Waals surface area contributed by atoms with Crippen molar-refractivity contribution in [3.05, 3.63) is 47.5 Å². The topological polar surface area (TPSA) is 165 Å². The molecule has 0 aliphatic heterocycles. The van der Waals surface area contributed by atoms with E-state index in [4.69, 9.17) is 4.74 Å². The number of benzene rings is 2. The van der Waals surface area contributed by atoms with E-state index < -0.39 is 35.1 Å². The smallest absolute Gasteiger partial charge is 0.309 e. The molecule has 0 bridgehead atoms. The summed E-state index contributed by atoms with van der Waals surface area (Å²) >= 11 is 0. The van der Waals surface area contributed by atoms with E-state index in [1.165, 1.54) is 36.4 Å². The molecular weight excluding hydrogens is 444 g/mol. The van der Waals surface area contributed by atoms with E-state index in [9.17, 15) is 34.8 Å². The molecule has 0 heterocycles. The van der Waals surface area contributed by atoms with Crippen LogP contribution in [0.1, 0.15) is 52.8 Å². The van der Waals surface area contributed by atoms with Crippen LogP contribution in [-0.2, 0) is 9.53 Å². The zero-order valence-electron chi connectivity index (χ0n) is 18.5. The van der Waals surface area contributed by atoms with E-state index in [-0.39, 0.29) is 41.9 Å². The molecule has 0 saturated heterocycles. The zero-order valence-corrected chi connectivity index (χ0v) is 18.5. The first-order valence-corrected chi connectivity index (χ1v) is 11.1. The highest BCUT2D eigenvalue weighted by Crippen LogP contribution is 2.31. The summed E-state index contributed by atoms with van der Waals surface area (Å²) in [5, 5.41) is 44.2. The molecule has 1 saturated carbocycles. The van der Waals surface area contributed by atoms with Gasteiger partial charge >= 0.3 is 5.97 Å². The van der Waals surface area contributed by atoms with E-state index >= 15 is 0 Å². The molecule has 2 aromatic carbocycles. The van der Waals surface area contributed by atoms with Gasteiger partial charge in [0, 0.05) is 6.54 Å². The van der Waals surface area contributed by atoms with Gasteiger partial charge in [-0.2, -0.15) is 0 Å². The summed E-state index contributed by atoms with van der Waals surface area (Å²) in [4.78, 5) is 36.7. The van der Waals surface area contributed by atoms with Crippen LogP contribution in [0.25, 0.3) is 0 Å². The third-order valence-electron chi connectivity index (χ3n) is 5.46. The summed E-state index contributed by atoms with van der Waals surface area (Å²) in [6, 6.07) is 7.62. The number of phenols is 4. The molecule has 10 nitrogen and oxygen atoms in total. The summed E-state index contributed by atoms with van der Waals surface area (Å²) in [6.45, 7) is 0.244. The Morgan fingerprint density at radius 1 is 0.882 bits per heavy atom. The maximum atomic E-state index is 12.6. The van der Waals surface area contributed by atoms with Crippen LogP contribution in [0.15, 0.2) is 36.4 Å². The molecule has 0 aromatic heterocycles. The third kappa shape index (κ3) is 6.53. The number of unbranched alkanes of at least 4 members (excludes halogenated alkanes) is 1. The molecule has 1 fully saturated rings. The van der Waals surface area contributed by atoms with Gasteiger partial charge < -0.3 is 35.8 Å². The highest BCUT2D eigenvalue weighted by atomic mass is 16.5. The molecule has 1 aliphatic carbocycles. The predicted molar refractivity (Wildman–Crippen MR) is 121 cm³/mol. The second-order valence-corrected chi connectivity index (χ2v) is 8.17. The van der Waals surface area contributed by atoms with Gasteiger partial charge in [-0.05, 0) is 56.4 Å². The van der Waals surface area contributed by atoms with E-state index in [1.54, 1.807) is 0 Å². The summed E-state index contributed by atoms with van der Waals surface area (Å²) in [5.41, 5.74) is -0.139. The maximum Gasteiger partial charge on any atom is 0.309 e. The van der Waals surface area contributed by atoms with Crippen LogP contribution in [0.2, 0.25) is 0 Å². The van der Waals surface area contributed by atoms with E-state index in [0.29, 0.717) is 19.3 Å². The number of phenolic OH excluding ortho intramolecular Hbond substituents is 4. The lowest BCUT2D eigenvalue weighted by Gasteiger charge is -2.19. The van der Waals surface area contributed by atoms with Crippen molar-refractivity contribution in [2.24, 2.45) is 5.92 Å². The predicted octanol–water partition coefficient (Wildman–Crippen LogP) is 2.16. The second-order valence-electron chi connectivity index (χ2n) is 8.17. The molecule has 2 aromatic rings. The van der Waals surface area contributed by atoms with Crippen LogP contribution < -0.4 is 10.6 Å². The Labute approximate surface area is 196 Å². The van der Waals surface area contributed by atoms with Crippen LogP contribution >= 0.6 is 0 Å². The number of nitrogens with one attached hydrogen (secondary N) is 2. The average Bonchev–Trinajstić information content (AvgIpc) is 3.65. The normalized spacial score (nSPS) is 13.6. The Morgan fingerprint density at radius 2 is 1.47 bits per heavy atom. The van der Waals surface area contributed by atoms with Gasteiger partial charge in [0.05, 0.1) is 23.1 Å². The van der Waals surface area contributed by atoms with Gasteiger partial charge in [0.25, 0.3) is 11.8 Å². The number of amides is 2. The Bertz CT molecular complexity index is 1050. The van der Waals surface area contributed by atoms with Crippen molar-refractivity contribution >= 4 is 17.8 Å². The minimum atomic E-state index is -0.617. The Hall–Kier alpha value is -3.95. The molecule has 3 rings (SSSR count). The number of carbonyl (C=O) groups is 3. The average molecular weight is 472 g/mol. The molecular formula is C24H28N2O8. The van der Waals surface area contributed by atoms with Gasteiger partial charge in [-0.15, -0.1) is 0 Å². The first-order chi connectivity index (χ1) is 16.3. The summed E-state index contributed by atoms with van der Waals surface area (Å²) in [7, 11) is 0. The maximum absolute atomic E-state index is 12.6. The van der Waals surface area contributed by atoms with Crippen molar-refractivity contribution < 1.29 is 39.5 Å². The lowest BCUT2D eigenvalue weighted by atomic mass is 10.1. The number of ether oxygens (including phenoxy) is 1. The van der Waals surface area contributed by atoms with Gasteiger partial charge in [-0.25, -0.2) is 0 Å². The third-order valence-corrected chi connectivity index (χ3v) is 5.46. The van der Waals surface area contributed by atoms with Gasteiger partial charge in [0.2, 0.25) is 0 Å². The highest BCUT2D eigenvalue weighted by molar-refractivity contribution is 5.98. The highest BCUT2D eigenvalue weighted by Gasteiger charge is 2.32. The summed E-state index contributed by atoms with van der Waals surface area (Å²) in [6.07, 6.45) is 3.11. The number of carbonyl (C=O) groups excluding carboxylic acids is 3. The van der Waals surface area contributed by atoms with Crippen molar-refractivity contribution in [2.45, 2.75) is 38.1 Å². The lowest BCUT2D eigenvalue weighted by molar-refractivity contribution is -0.145. The van der Waals surface area contributed by atoms with Crippen molar-refractivity contribution in [3.8, 4) is 23.0 Å². The number of hydrogen-bond acceptors (Lipinski definition) is 8. The van der Waals surface area contributed by atoms with E-state index in [0.717, 1.165) is 12.8 Å². The first kappa shape index (κ1) is 24.7. The van der Waals surface area contributed by atoms with Gasteiger partial charge in [0.1, 0.15) is 6.61 Å². The largest absolute Gasteiger partial charge is 0.504 e. The molecule has 182 valence electrons. The van der Waals surface area contributed by atoms with Crippen molar-refractivity contribution in [2.75, 3.05) is 13.2 Å². The van der Waals surface area contributed by atoms with Crippen LogP contribution in [0.5, 0.6) is 23.0 Å². The first-order valence-electron chi connectivity index (χ1n) is 11.1.